The van der Waals surface area contributed by atoms with Crippen LogP contribution in [0, 0.1) is 10.8 Å². The molecule has 7 heterocycles. The molecule has 546 valence electrons. The first-order valence-electron chi connectivity index (χ1n) is 36.4. The smallest absolute Gasteiger partial charge is 0.324 e. The van der Waals surface area contributed by atoms with Crippen molar-refractivity contribution in [2.45, 2.75) is 53.4 Å². The van der Waals surface area contributed by atoms with Gasteiger partial charge in [-0.2, -0.15) is 0 Å². The molecule has 0 radical (unpaired) electrons. The number of amides is 4. The molecular formula is C90H74N8O12. The first-order chi connectivity index (χ1) is 53.5. The van der Waals surface area contributed by atoms with Crippen LogP contribution in [0.1, 0.15) is 114 Å². The van der Waals surface area contributed by atoms with Crippen molar-refractivity contribution >= 4 is 117 Å². The van der Waals surface area contributed by atoms with E-state index in [0.717, 1.165) is 0 Å². The molecule has 4 amide bonds. The highest BCUT2D eigenvalue weighted by Gasteiger charge is 2.51. The minimum Gasteiger partial charge on any atom is -0.465 e. The average molecular weight is 1460 g/mol. The Bertz CT molecular complexity index is 5170. The maximum absolute atomic E-state index is 15.2. The lowest BCUT2D eigenvalue weighted by Crippen LogP contribution is -2.46. The van der Waals surface area contributed by atoms with E-state index < -0.39 is 58.3 Å². The minimum atomic E-state index is -1.99. The van der Waals surface area contributed by atoms with Crippen LogP contribution in [-0.2, 0) is 63.8 Å². The molecule has 0 aliphatic carbocycles. The molecule has 0 unspecified atom stereocenters. The van der Waals surface area contributed by atoms with Crippen molar-refractivity contribution in [1.82, 2.24) is 19.9 Å². The number of carbonyl (C=O) groups is 8. The summed E-state index contributed by atoms with van der Waals surface area (Å²) in [5, 5.41) is 12.9. The Hall–Kier alpha value is -13.9. The summed E-state index contributed by atoms with van der Waals surface area (Å²) >= 11 is 0. The third-order valence-corrected chi connectivity index (χ3v) is 20.0. The van der Waals surface area contributed by atoms with Gasteiger partial charge >= 0.3 is 23.9 Å². The molecule has 0 fully saturated rings. The van der Waals surface area contributed by atoms with Gasteiger partial charge in [-0.1, -0.05) is 121 Å². The van der Waals surface area contributed by atoms with Gasteiger partial charge in [0.15, 0.2) is 10.8 Å². The van der Waals surface area contributed by atoms with E-state index in [4.69, 9.17) is 28.9 Å². The van der Waals surface area contributed by atoms with Crippen molar-refractivity contribution < 1.29 is 57.3 Å². The fourth-order valence-electron chi connectivity index (χ4n) is 15.0. The van der Waals surface area contributed by atoms with Crippen LogP contribution < -0.4 is 21.3 Å². The number of benzene rings is 8. The van der Waals surface area contributed by atoms with Gasteiger partial charge in [0.05, 0.1) is 49.2 Å². The summed E-state index contributed by atoms with van der Waals surface area (Å²) < 4.78 is 22.9. The van der Waals surface area contributed by atoms with Crippen molar-refractivity contribution in [3.8, 4) is 44.5 Å². The van der Waals surface area contributed by atoms with Crippen molar-refractivity contribution in [3.63, 3.8) is 0 Å². The lowest BCUT2D eigenvalue weighted by atomic mass is 9.76. The molecule has 20 heteroatoms. The number of nitrogens with one attached hydrogen (secondary N) is 6. The van der Waals surface area contributed by atoms with Crippen LogP contribution in [0.15, 0.2) is 218 Å². The Balaban J connectivity index is 1.02. The highest BCUT2D eigenvalue weighted by atomic mass is 16.6. The van der Waals surface area contributed by atoms with Crippen LogP contribution in [0.25, 0.3) is 90.9 Å². The normalized spacial score (nSPS) is 14.2. The Kier molecular flexibility index (Phi) is 19.9. The number of H-pyrrole nitrogens is 2. The number of hydrogen-bond acceptors (Lipinski definition) is 14. The summed E-state index contributed by atoms with van der Waals surface area (Å²) in [5.41, 5.74) is 8.42. The number of esters is 4. The Morgan fingerprint density at radius 1 is 0.309 bits per heavy atom. The molecule has 0 spiro atoms. The molecule has 0 saturated carbocycles. The number of ether oxygens (including phenoxy) is 4. The highest BCUT2D eigenvalue weighted by molar-refractivity contribution is 6.13. The third kappa shape index (κ3) is 13.9. The van der Waals surface area contributed by atoms with Crippen LogP contribution in [0.2, 0.25) is 0 Å². The van der Waals surface area contributed by atoms with Crippen LogP contribution in [0.5, 0.6) is 0 Å². The first kappa shape index (κ1) is 71.7. The van der Waals surface area contributed by atoms with E-state index in [9.17, 15) is 19.2 Å². The van der Waals surface area contributed by atoms with E-state index in [2.05, 4.69) is 31.2 Å². The second-order valence-electron chi connectivity index (χ2n) is 27.1. The maximum Gasteiger partial charge on any atom is 0.324 e. The van der Waals surface area contributed by atoms with Gasteiger partial charge in [-0.25, -0.2) is 9.97 Å². The molecule has 20 nitrogen and oxygen atoms in total. The monoisotopic (exact) mass is 1460 g/mol. The summed E-state index contributed by atoms with van der Waals surface area (Å²) in [7, 11) is 0. The number of aromatic amines is 2. The summed E-state index contributed by atoms with van der Waals surface area (Å²) in [6.07, 6.45) is 6.61. The second-order valence-corrected chi connectivity index (χ2v) is 27.1. The number of nitrogens with zero attached hydrogens (tertiary/aromatic N) is 2. The number of hydrogen-bond donors (Lipinski definition) is 6. The summed E-state index contributed by atoms with van der Waals surface area (Å²) in [6, 6.07) is 63.7. The molecule has 0 saturated heterocycles. The lowest BCUT2D eigenvalue weighted by molar-refractivity contribution is -0.173. The number of para-hydroxylation sites is 4. The van der Waals surface area contributed by atoms with Gasteiger partial charge in [-0.3, -0.25) is 38.4 Å². The van der Waals surface area contributed by atoms with Gasteiger partial charge in [0, 0.05) is 112 Å². The predicted octanol–water partition coefficient (Wildman–Crippen LogP) is 16.8. The van der Waals surface area contributed by atoms with Crippen LogP contribution >= 0.6 is 0 Å². The number of anilines is 4. The molecule has 110 heavy (non-hydrogen) atoms. The molecule has 3 aromatic heterocycles. The number of carbonyl (C=O) groups excluding carboxylic acids is 8. The first-order valence-corrected chi connectivity index (χ1v) is 36.4. The highest BCUT2D eigenvalue weighted by Crippen LogP contribution is 2.45. The maximum atomic E-state index is 15.2. The van der Waals surface area contributed by atoms with Crippen LogP contribution in [-0.4, -0.2) is 93.9 Å². The number of aromatic nitrogens is 4. The van der Waals surface area contributed by atoms with Gasteiger partial charge in [-0.15, -0.1) is 0 Å². The largest absolute Gasteiger partial charge is 0.465 e. The van der Waals surface area contributed by atoms with Crippen LogP contribution in [0.3, 0.4) is 0 Å². The zero-order valence-corrected chi connectivity index (χ0v) is 60.5. The molecule has 15 rings (SSSR count). The summed E-state index contributed by atoms with van der Waals surface area (Å²) in [6.45, 7) is 6.37. The molecule has 20 bridgehead atoms. The van der Waals surface area contributed by atoms with Crippen molar-refractivity contribution in [3.05, 3.63) is 286 Å². The third-order valence-electron chi connectivity index (χ3n) is 20.0. The van der Waals surface area contributed by atoms with Crippen LogP contribution in [0.4, 0.5) is 22.7 Å². The van der Waals surface area contributed by atoms with E-state index in [1.807, 2.05) is 97.1 Å². The van der Waals surface area contributed by atoms with E-state index in [1.165, 1.54) is 0 Å². The SMILES string of the molecule is CCOC(=O)C1(C(=O)OCC)Cc2cccc(c2)C(=O)Nc2ccccc2-c2c3nc(c(c4ccc([nH]4)c4c5nc(c(c6ccc2[nH]6)-c2ccccc2NC(=O)c2cccc(c2)CC(C(=O)OCC)(C(=O)OCC)Cc2cccc(c2)C(=O)Nc2ccccc2-4)C=C5)-c2ccccc2NC(=O)c2cccc(c2)C1)C=C3. The Morgan fingerprint density at radius 3 is 0.764 bits per heavy atom. The van der Waals surface area contributed by atoms with E-state index in [-0.39, 0.29) is 74.4 Å². The second kappa shape index (κ2) is 30.5. The Labute approximate surface area is 632 Å². The van der Waals surface area contributed by atoms with E-state index >= 15 is 19.2 Å². The lowest BCUT2D eigenvalue weighted by Gasteiger charge is -2.30. The number of fused-ring (bicyclic) bond motifs is 24. The Morgan fingerprint density at radius 2 is 0.536 bits per heavy atom. The topological polar surface area (TPSA) is 279 Å². The van der Waals surface area contributed by atoms with Gasteiger partial charge < -0.3 is 50.2 Å². The zero-order chi connectivity index (χ0) is 76.2. The quantitative estimate of drug-likeness (QED) is 0.0469. The zero-order valence-electron chi connectivity index (χ0n) is 60.5. The standard InChI is InChI=1S/C90H74N8O12/c1-5-107-85(103)89(86(104)108-6-2)49-53-21-17-25-57(45-53)81(99)95-65-33-13-9-29-61(65)77-69-37-38-70(91-69)78(62-30-10-14-34-66(62)96-82(100)58-26-18-22-54(46-58)50-89)74-42-44-76(94-74)80-64-32-12-16-36-68(64)98-84(102)60-28-20-24-56(48-60)52-90(87(105)109-7-3,88(106)110-8-4)51-55-23-19-27-59(47-55)83(101)97-67-35-15-11-31-63(67)79(71-39-40-72(80)92-71)75-43-41-73(77)93-75/h9-48,93-94H,5-8,49-52H2,1-4H3,(H,95,99)(H,96,100)(H,97,101)(H,98,102). The average Bonchev–Trinajstić information content (AvgIpc) is 1.57. The fourth-order valence-corrected chi connectivity index (χ4v) is 15.0. The molecule has 4 aliphatic heterocycles. The van der Waals surface area contributed by atoms with E-state index in [0.29, 0.717) is 134 Å². The summed E-state index contributed by atoms with van der Waals surface area (Å²) in [4.78, 5) is 138. The van der Waals surface area contributed by atoms with Gasteiger partial charge in [0.1, 0.15) is 0 Å². The van der Waals surface area contributed by atoms with Gasteiger partial charge in [-0.05, 0) is 197 Å². The van der Waals surface area contributed by atoms with Gasteiger partial charge in [0.25, 0.3) is 23.6 Å². The van der Waals surface area contributed by atoms with Crippen molar-refractivity contribution in [2.24, 2.45) is 10.8 Å². The molecule has 4 aliphatic rings. The predicted molar refractivity (Wildman–Crippen MR) is 424 cm³/mol. The van der Waals surface area contributed by atoms with Crippen molar-refractivity contribution in [2.75, 3.05) is 47.7 Å². The molecule has 0 atom stereocenters. The molecule has 6 N–H and O–H groups in total. The molecular weight excluding hydrogens is 1390 g/mol. The molecule has 11 aromatic rings. The minimum absolute atomic E-state index is 0.0541. The summed E-state index contributed by atoms with van der Waals surface area (Å²) in [5.74, 6) is -5.43. The molecule has 8 aromatic carbocycles. The number of rotatable bonds is 8. The van der Waals surface area contributed by atoms with Gasteiger partial charge in [0.2, 0.25) is 0 Å². The van der Waals surface area contributed by atoms with E-state index in [1.54, 1.807) is 173 Å². The van der Waals surface area contributed by atoms with Crippen molar-refractivity contribution in [1.29, 1.82) is 0 Å². The fraction of sp³-hybridized carbons (Fsp3) is 0.156.